The van der Waals surface area contributed by atoms with Crippen LogP contribution in [-0.4, -0.2) is 109 Å². The normalized spacial score (nSPS) is 9.57. The van der Waals surface area contributed by atoms with E-state index in [1.165, 1.54) is 167 Å². The molecule has 4 aromatic carbocycles. The summed E-state index contributed by atoms with van der Waals surface area (Å²) in [5.74, 6) is -6.89. The van der Waals surface area contributed by atoms with Gasteiger partial charge in [0.2, 0.25) is 16.3 Å². The molecule has 0 fully saturated rings. The molecule has 0 saturated carbocycles. The quantitative estimate of drug-likeness (QED) is 0.0124. The van der Waals surface area contributed by atoms with Crippen LogP contribution in [0.25, 0.3) is 44.5 Å². The number of aromatic nitrogens is 4. The smallest absolute Gasteiger partial charge is 1.00 e. The summed E-state index contributed by atoms with van der Waals surface area (Å²) in [5.41, 5.74) is 1.16. The summed E-state index contributed by atoms with van der Waals surface area (Å²) in [5, 5.41) is 26.9. The summed E-state index contributed by atoms with van der Waals surface area (Å²) in [6.45, 7) is 2.68. The van der Waals surface area contributed by atoms with E-state index in [-0.39, 0.29) is 245 Å². The number of nitrogens with zero attached hydrogens (tertiary/aromatic N) is 3. The van der Waals surface area contributed by atoms with Crippen LogP contribution in [0.2, 0.25) is 5.02 Å². The van der Waals surface area contributed by atoms with Crippen LogP contribution in [-0.2, 0) is 93.0 Å². The van der Waals surface area contributed by atoms with Crippen molar-refractivity contribution in [3.63, 3.8) is 0 Å². The first-order chi connectivity index (χ1) is 45.6. The molecule has 0 bridgehead atoms. The first-order valence-corrected chi connectivity index (χ1v) is 29.6. The van der Waals surface area contributed by atoms with Crippen LogP contribution in [0, 0.1) is 23.3 Å². The average Bonchev–Trinajstić information content (AvgIpc) is 0.804. The van der Waals surface area contributed by atoms with Gasteiger partial charge in [-0.25, -0.2) is 36.7 Å². The molecule has 0 spiro atoms. The van der Waals surface area contributed by atoms with E-state index in [1.54, 1.807) is 7.05 Å². The van der Waals surface area contributed by atoms with Gasteiger partial charge in [0.1, 0.15) is 59.8 Å². The van der Waals surface area contributed by atoms with Gasteiger partial charge in [0.25, 0.3) is 6.47 Å². The average molecular weight is 1780 g/mol. The molecule has 0 saturated heterocycles. The Morgan fingerprint density at radius 2 is 0.900 bits per heavy atom. The van der Waals surface area contributed by atoms with Gasteiger partial charge in [-0.05, 0) is 75.7 Å². The molecule has 0 radical (unpaired) electrons. The van der Waals surface area contributed by atoms with Gasteiger partial charge < -0.3 is 69.8 Å². The third-order valence-corrected chi connectivity index (χ3v) is 13.1. The SMILES string of the molecule is CI.COC(=O)c1c[nH]c(COC(C)=O)c(-c2ccc(F)cc2)c1=O.COC(=O)c1cn(C)c(COC(C)=O)c(-c2ccc(F)cc2)c1=O.COC(=O)c1cnc(COC(C)=O)c(-c2ccc(F)cc2)c1Cl.Cn1cc(C(=O)O)c(=O)c(-c2ccc(F)cc2)c1CO.O=CO[O-].[Cs+].[Cs+].[H-].[Na+].[OH-]. The number of halogens is 6. The molecule has 518 valence electrons. The third-order valence-electron chi connectivity index (χ3n) is 12.7. The molecule has 0 unspecified atom stereocenters. The van der Waals surface area contributed by atoms with Crippen molar-refractivity contribution in [3.8, 4) is 44.5 Å². The number of ether oxygens (including phenoxy) is 6. The van der Waals surface area contributed by atoms with Gasteiger partial charge in [-0.1, -0.05) is 82.7 Å². The standard InChI is InChI=1S/C17H16FNO5.C16H13ClFNO4.C16H14FNO5.C14H12FNO4.CH3I.CH2O3.2Cs.Na.H2O.H/c1-10(20)24-9-14-15(11-4-6-12(18)7-5-11)16(21)13(8-19(14)2)17(22)23-3;1-9(20)23-8-13-14(10-3-5-11(18)6-4-10)15(17)12(7-19-13)16(21)22-2;1-9(19)23-8-13-14(10-3-5-11(17)6-4-10)15(20)12(7-18-13)16(21)22-2;1-16-6-10(14(19)20)13(18)12(11(16)7-17)8-2-4-9(15)5-3-8;1-2;2-1-4-3;;;;;/h4-8H,9H2,1-3H3;3-7H,8H2,1-2H3;3-7H,8H2,1-2H3,(H,18,20);2-6,17H,7H2,1H3,(H,19,20);1H3;1,3H;;;;1H2;/q;;;;;;3*+1;;-1/p-2. The van der Waals surface area contributed by atoms with E-state index in [1.807, 2.05) is 4.93 Å². The van der Waals surface area contributed by atoms with E-state index in [0.29, 0.717) is 44.9 Å². The van der Waals surface area contributed by atoms with Crippen molar-refractivity contribution in [3.05, 3.63) is 226 Å². The number of aliphatic hydroxyl groups excluding tert-OH is 1. The number of carboxylic acid groups (broad SMARTS) is 1. The summed E-state index contributed by atoms with van der Waals surface area (Å²) < 4.78 is 83.9. The van der Waals surface area contributed by atoms with E-state index in [4.69, 9.17) is 41.0 Å². The molecule has 0 aliphatic heterocycles. The molecule has 8 aromatic rings. The molecule has 4 N–H and O–H groups in total. The van der Waals surface area contributed by atoms with E-state index < -0.39 is 93.5 Å². The molecule has 35 heteroatoms. The van der Waals surface area contributed by atoms with Gasteiger partial charge in [0.05, 0.1) is 78.0 Å². The summed E-state index contributed by atoms with van der Waals surface area (Å²) in [4.78, 5) is 137. The number of aliphatic hydroxyl groups is 1. The molecule has 0 aliphatic carbocycles. The topological polar surface area (TPSA) is 384 Å². The van der Waals surface area contributed by atoms with Crippen molar-refractivity contribution in [1.82, 2.24) is 19.1 Å². The van der Waals surface area contributed by atoms with E-state index in [2.05, 4.69) is 51.7 Å². The second-order valence-electron chi connectivity index (χ2n) is 18.8. The van der Waals surface area contributed by atoms with Crippen molar-refractivity contribution in [2.24, 2.45) is 14.1 Å². The number of H-pyrrole nitrogens is 1. The molecule has 0 aliphatic rings. The number of pyridine rings is 4. The molecular weight excluding hydrogens is 1720 g/mol. The van der Waals surface area contributed by atoms with Crippen molar-refractivity contribution in [1.29, 1.82) is 0 Å². The third kappa shape index (κ3) is 28.5. The van der Waals surface area contributed by atoms with Gasteiger partial charge in [-0.2, -0.15) is 0 Å². The zero-order valence-electron chi connectivity index (χ0n) is 56.7. The zero-order valence-corrected chi connectivity index (χ0v) is 73.1. The van der Waals surface area contributed by atoms with Crippen molar-refractivity contribution < 1.29 is 279 Å². The van der Waals surface area contributed by atoms with E-state index >= 15 is 0 Å². The van der Waals surface area contributed by atoms with Gasteiger partial charge in [0.15, 0.2) is 0 Å². The van der Waals surface area contributed by atoms with Crippen LogP contribution in [0.15, 0.2) is 136 Å². The van der Waals surface area contributed by atoms with E-state index in [0.717, 1.165) is 13.3 Å². The second kappa shape index (κ2) is 49.1. The maximum atomic E-state index is 13.2. The number of benzene rings is 4. The van der Waals surface area contributed by atoms with Crippen LogP contribution in [0.1, 0.15) is 86.4 Å². The van der Waals surface area contributed by atoms with Gasteiger partial charge in [-0.3, -0.25) is 38.5 Å². The Morgan fingerprint density at radius 1 is 0.570 bits per heavy atom. The Labute approximate surface area is 727 Å². The number of aromatic amines is 1. The maximum absolute atomic E-state index is 13.2. The summed E-state index contributed by atoms with van der Waals surface area (Å²) >= 11 is 8.45. The zero-order chi connectivity index (χ0) is 72.1. The Morgan fingerprint density at radius 3 is 1.29 bits per heavy atom. The van der Waals surface area contributed by atoms with Gasteiger partial charge in [-0.15, -0.1) is 0 Å². The predicted octanol–water partition coefficient (Wildman–Crippen LogP) is -0.722. The predicted molar refractivity (Wildman–Crippen MR) is 345 cm³/mol. The molecular formula is C65H61ClCs2F4IN4NaO22. The van der Waals surface area contributed by atoms with Gasteiger partial charge in [0, 0.05) is 65.2 Å². The van der Waals surface area contributed by atoms with Crippen molar-refractivity contribution >= 4 is 82.4 Å². The number of nitrogens with one attached hydrogen (secondary N) is 1. The largest absolute Gasteiger partial charge is 1.00 e. The number of methoxy groups -OCH3 is 3. The molecule has 8 rings (SSSR count). The van der Waals surface area contributed by atoms with Crippen LogP contribution >= 0.6 is 34.2 Å². The number of carbonyl (C=O) groups excluding carboxylic acids is 7. The summed E-state index contributed by atoms with van der Waals surface area (Å²) in [7, 11) is 6.70. The van der Waals surface area contributed by atoms with Crippen LogP contribution in [0.3, 0.4) is 0 Å². The summed E-state index contributed by atoms with van der Waals surface area (Å²) in [6.07, 6.45) is 4.92. The minimum Gasteiger partial charge on any atom is -1.00 e. The number of carboxylic acids is 1. The fourth-order valence-corrected chi connectivity index (χ4v) is 8.67. The fourth-order valence-electron chi connectivity index (χ4n) is 8.32. The molecule has 4 heterocycles. The number of aromatic carboxylic acids is 1. The number of alkyl halides is 1. The maximum Gasteiger partial charge on any atom is 1.00 e. The number of carbonyl (C=O) groups is 8. The Bertz CT molecular complexity index is 4300. The molecule has 0 amide bonds. The monoisotopic (exact) mass is 1780 g/mol. The molecule has 100 heavy (non-hydrogen) atoms. The number of hydrogen-bond acceptors (Lipinski definition) is 22. The minimum absolute atomic E-state index is 0. The summed E-state index contributed by atoms with van der Waals surface area (Å²) in [6, 6.07) is 21.0. The number of esters is 6. The van der Waals surface area contributed by atoms with E-state index in [9.17, 15) is 70.6 Å². The Hall–Kier alpha value is -5.64. The van der Waals surface area contributed by atoms with Gasteiger partial charge >= 0.3 is 209 Å². The number of hydrogen-bond donors (Lipinski definition) is 3. The van der Waals surface area contributed by atoms with Crippen LogP contribution in [0.4, 0.5) is 17.6 Å². The van der Waals surface area contributed by atoms with Crippen molar-refractivity contribution in [2.75, 3.05) is 26.3 Å². The number of aryl methyl sites for hydroxylation is 2. The Kier molecular flexibility index (Phi) is 47.3. The Balaban J connectivity index is -0.00000122. The first-order valence-electron chi connectivity index (χ1n) is 27.1. The second-order valence-corrected chi connectivity index (χ2v) is 19.2. The fraction of sp³-hybridized carbons (Fsp3) is 0.200. The first kappa shape index (κ1) is 96.4. The molecule has 0 atom stereocenters. The minimum atomic E-state index is -1.35. The van der Waals surface area contributed by atoms with Crippen molar-refractivity contribution in [2.45, 2.75) is 47.2 Å². The molecule has 26 nitrogen and oxygen atoms in total. The molecule has 4 aromatic heterocycles. The van der Waals surface area contributed by atoms with Crippen LogP contribution in [0.5, 0.6) is 0 Å². The number of rotatable bonds is 16. The van der Waals surface area contributed by atoms with Crippen LogP contribution < -0.4 is 189 Å².